The van der Waals surface area contributed by atoms with Crippen LogP contribution in [0, 0.1) is 5.82 Å². The van der Waals surface area contributed by atoms with Crippen molar-refractivity contribution in [2.45, 2.75) is 32.1 Å². The minimum absolute atomic E-state index is 0.230. The van der Waals surface area contributed by atoms with E-state index in [9.17, 15) is 4.39 Å². The number of hydrogen-bond acceptors (Lipinski definition) is 2. The number of hydrogen-bond donors (Lipinski definition) is 1. The van der Waals surface area contributed by atoms with Crippen LogP contribution in [0.1, 0.15) is 24.0 Å². The van der Waals surface area contributed by atoms with Gasteiger partial charge in [-0.2, -0.15) is 0 Å². The second-order valence-electron chi connectivity index (χ2n) is 6.03. The van der Waals surface area contributed by atoms with Crippen LogP contribution in [0.4, 0.5) is 4.39 Å². The molecule has 1 heterocycles. The second kappa shape index (κ2) is 8.60. The van der Waals surface area contributed by atoms with Crippen molar-refractivity contribution in [1.29, 1.82) is 0 Å². The van der Waals surface area contributed by atoms with Crippen molar-refractivity contribution in [3.8, 4) is 5.75 Å². The molecule has 1 aliphatic heterocycles. The van der Waals surface area contributed by atoms with Crippen LogP contribution in [0.15, 0.2) is 46.9 Å². The van der Waals surface area contributed by atoms with E-state index in [1.54, 1.807) is 12.1 Å². The summed E-state index contributed by atoms with van der Waals surface area (Å²) in [4.78, 5) is 0. The van der Waals surface area contributed by atoms with Crippen molar-refractivity contribution in [3.05, 3.63) is 63.9 Å². The van der Waals surface area contributed by atoms with Gasteiger partial charge >= 0.3 is 0 Å². The summed E-state index contributed by atoms with van der Waals surface area (Å²) in [5.74, 6) is 0.637. The van der Waals surface area contributed by atoms with Crippen LogP contribution in [0.25, 0.3) is 0 Å². The van der Waals surface area contributed by atoms with Crippen LogP contribution in [0.5, 0.6) is 5.75 Å². The Morgan fingerprint density at radius 3 is 2.79 bits per heavy atom. The van der Waals surface area contributed by atoms with Crippen LogP contribution < -0.4 is 10.1 Å². The molecule has 5 heteroatoms. The summed E-state index contributed by atoms with van der Waals surface area (Å²) in [6, 6.07) is 12.4. The van der Waals surface area contributed by atoms with E-state index in [0.717, 1.165) is 47.5 Å². The predicted molar refractivity (Wildman–Crippen MR) is 94.3 cm³/mol. The summed E-state index contributed by atoms with van der Waals surface area (Å²) in [7, 11) is 0. The molecule has 1 fully saturated rings. The van der Waals surface area contributed by atoms with Crippen LogP contribution in [-0.2, 0) is 17.9 Å². The van der Waals surface area contributed by atoms with E-state index in [-0.39, 0.29) is 5.82 Å². The molecule has 1 saturated heterocycles. The van der Waals surface area contributed by atoms with E-state index in [0.29, 0.717) is 12.7 Å². The first-order valence-corrected chi connectivity index (χ1v) is 9.09. The smallest absolute Gasteiger partial charge is 0.128 e. The van der Waals surface area contributed by atoms with Gasteiger partial charge in [-0.25, -0.2) is 4.39 Å². The third-order valence-electron chi connectivity index (χ3n) is 4.15. The van der Waals surface area contributed by atoms with Gasteiger partial charge in [-0.05, 0) is 48.7 Å². The van der Waals surface area contributed by atoms with Gasteiger partial charge in [-0.1, -0.05) is 28.1 Å². The standard InChI is InChI=1S/C19H21BrFNO2/c20-16-5-8-19(24-13-14-3-6-17(21)7-4-14)15(10-16)11-22-12-18-2-1-9-23-18/h3-8,10,18,22H,1-2,9,11-13H2/p+1/t18-/m1/s1. The molecular weight excluding hydrogens is 373 g/mol. The Balaban J connectivity index is 1.58. The van der Waals surface area contributed by atoms with Crippen molar-refractivity contribution >= 4 is 15.9 Å². The third kappa shape index (κ3) is 5.03. The highest BCUT2D eigenvalue weighted by Gasteiger charge is 2.17. The lowest BCUT2D eigenvalue weighted by atomic mass is 10.2. The van der Waals surface area contributed by atoms with E-state index >= 15 is 0 Å². The Bertz CT molecular complexity index is 657. The monoisotopic (exact) mass is 394 g/mol. The Hall–Kier alpha value is -1.43. The highest BCUT2D eigenvalue weighted by atomic mass is 79.9. The van der Waals surface area contributed by atoms with Gasteiger partial charge in [0.25, 0.3) is 0 Å². The van der Waals surface area contributed by atoms with Gasteiger partial charge in [-0.15, -0.1) is 0 Å². The number of halogens is 2. The lowest BCUT2D eigenvalue weighted by Crippen LogP contribution is -2.84. The quantitative estimate of drug-likeness (QED) is 0.780. The molecule has 0 spiro atoms. The summed E-state index contributed by atoms with van der Waals surface area (Å²) in [5, 5.41) is 2.27. The largest absolute Gasteiger partial charge is 0.488 e. The van der Waals surface area contributed by atoms with Crippen molar-refractivity contribution < 1.29 is 19.2 Å². The zero-order valence-electron chi connectivity index (χ0n) is 13.5. The number of quaternary nitrogens is 1. The number of nitrogens with two attached hydrogens (primary N) is 1. The average molecular weight is 395 g/mol. The molecule has 0 aromatic heterocycles. The molecule has 24 heavy (non-hydrogen) atoms. The second-order valence-corrected chi connectivity index (χ2v) is 6.95. The van der Waals surface area contributed by atoms with Gasteiger partial charge in [0.15, 0.2) is 0 Å². The first kappa shape index (κ1) is 17.4. The fourth-order valence-electron chi connectivity index (χ4n) is 2.85. The average Bonchev–Trinajstić information content (AvgIpc) is 3.09. The highest BCUT2D eigenvalue weighted by molar-refractivity contribution is 9.10. The lowest BCUT2D eigenvalue weighted by molar-refractivity contribution is -0.676. The summed E-state index contributed by atoms with van der Waals surface area (Å²) >= 11 is 3.52. The molecule has 3 rings (SSSR count). The molecule has 2 N–H and O–H groups in total. The van der Waals surface area contributed by atoms with Crippen LogP contribution in [-0.4, -0.2) is 19.3 Å². The van der Waals surface area contributed by atoms with E-state index in [1.165, 1.54) is 18.6 Å². The topological polar surface area (TPSA) is 35.1 Å². The fraction of sp³-hybridized carbons (Fsp3) is 0.368. The Kier molecular flexibility index (Phi) is 6.24. The molecule has 2 aromatic carbocycles. The minimum Gasteiger partial charge on any atom is -0.488 e. The molecule has 0 radical (unpaired) electrons. The SMILES string of the molecule is Fc1ccc(COc2ccc(Br)cc2C[NH2+]C[C@H]2CCCO2)cc1. The van der Waals surface area contributed by atoms with Crippen LogP contribution in [0.2, 0.25) is 0 Å². The molecule has 0 unspecified atom stereocenters. The Morgan fingerprint density at radius 1 is 1.21 bits per heavy atom. The molecule has 3 nitrogen and oxygen atoms in total. The van der Waals surface area contributed by atoms with Gasteiger partial charge in [-0.3, -0.25) is 0 Å². The summed E-state index contributed by atoms with van der Waals surface area (Å²) in [5.41, 5.74) is 2.10. The molecule has 0 saturated carbocycles. The van der Waals surface area contributed by atoms with Gasteiger partial charge < -0.3 is 14.8 Å². The predicted octanol–water partition coefficient (Wildman–Crippen LogP) is 3.41. The maximum atomic E-state index is 13.0. The van der Waals surface area contributed by atoms with Crippen molar-refractivity contribution in [2.75, 3.05) is 13.2 Å². The minimum atomic E-state index is -0.230. The maximum absolute atomic E-state index is 13.0. The van der Waals surface area contributed by atoms with E-state index in [4.69, 9.17) is 9.47 Å². The molecular formula is C19H22BrFNO2+. The van der Waals surface area contributed by atoms with Gasteiger partial charge in [0.1, 0.15) is 37.4 Å². The molecule has 128 valence electrons. The Morgan fingerprint density at radius 2 is 2.04 bits per heavy atom. The summed E-state index contributed by atoms with van der Waals surface area (Å²) in [6.07, 6.45) is 2.70. The van der Waals surface area contributed by atoms with E-state index in [2.05, 4.69) is 27.3 Å². The number of rotatable bonds is 7. The normalized spacial score (nSPS) is 17.2. The number of ether oxygens (including phenoxy) is 2. The third-order valence-corrected chi connectivity index (χ3v) is 4.64. The van der Waals surface area contributed by atoms with Crippen molar-refractivity contribution in [2.24, 2.45) is 0 Å². The molecule has 0 aliphatic carbocycles. The zero-order chi connectivity index (χ0) is 16.8. The van der Waals surface area contributed by atoms with Crippen molar-refractivity contribution in [1.82, 2.24) is 0 Å². The lowest BCUT2D eigenvalue weighted by Gasteiger charge is -2.13. The molecule has 0 amide bonds. The molecule has 1 aliphatic rings. The maximum Gasteiger partial charge on any atom is 0.128 e. The fourth-order valence-corrected chi connectivity index (χ4v) is 3.25. The van der Waals surface area contributed by atoms with Crippen LogP contribution in [0.3, 0.4) is 0 Å². The number of benzene rings is 2. The Labute approximate surface area is 150 Å². The molecule has 1 atom stereocenters. The van der Waals surface area contributed by atoms with E-state index < -0.39 is 0 Å². The summed E-state index contributed by atoms with van der Waals surface area (Å²) < 4.78 is 25.6. The van der Waals surface area contributed by atoms with Crippen molar-refractivity contribution in [3.63, 3.8) is 0 Å². The van der Waals surface area contributed by atoms with Gasteiger partial charge in [0.05, 0.1) is 0 Å². The first-order valence-electron chi connectivity index (χ1n) is 8.29. The molecule has 0 bridgehead atoms. The molecule has 2 aromatic rings. The van der Waals surface area contributed by atoms with E-state index in [1.807, 2.05) is 12.1 Å². The van der Waals surface area contributed by atoms with Crippen LogP contribution >= 0.6 is 15.9 Å². The first-order chi connectivity index (χ1) is 11.7. The summed E-state index contributed by atoms with van der Waals surface area (Å²) in [6.45, 7) is 3.14. The van der Waals surface area contributed by atoms with Gasteiger partial charge in [0.2, 0.25) is 0 Å². The van der Waals surface area contributed by atoms with Gasteiger partial charge in [0, 0.05) is 16.6 Å². The zero-order valence-corrected chi connectivity index (χ0v) is 15.1. The highest BCUT2D eigenvalue weighted by Crippen LogP contribution is 2.23.